The number of fused-ring (bicyclic) bond motifs is 1. The Morgan fingerprint density at radius 1 is 1.18 bits per heavy atom. The lowest BCUT2D eigenvalue weighted by Gasteiger charge is -2.26. The van der Waals surface area contributed by atoms with Crippen molar-refractivity contribution in [3.63, 3.8) is 0 Å². The van der Waals surface area contributed by atoms with Gasteiger partial charge in [0, 0.05) is 12.6 Å². The topological polar surface area (TPSA) is 75.7 Å². The fraction of sp³-hybridized carbons (Fsp3) is 0.316. The van der Waals surface area contributed by atoms with Crippen LogP contribution in [0.25, 0.3) is 0 Å². The van der Waals surface area contributed by atoms with Crippen LogP contribution in [-0.2, 0) is 14.8 Å². The molecular weight excluding hydrogens is 390 g/mol. The average Bonchev–Trinajstić information content (AvgIpc) is 2.69. The molecule has 1 aliphatic heterocycles. The second kappa shape index (κ2) is 7.05. The molecule has 2 aromatic carbocycles. The SMILES string of the molecule is CCN1C(=O)C(C)(C)COc2cc(NS(=O)(=O)c3c(F)cccc3F)ccc21. The van der Waals surface area contributed by atoms with E-state index in [4.69, 9.17) is 4.74 Å². The predicted octanol–water partition coefficient (Wildman–Crippen LogP) is 3.54. The zero-order valence-electron chi connectivity index (χ0n) is 15.6. The molecule has 1 heterocycles. The summed E-state index contributed by atoms with van der Waals surface area (Å²) in [6, 6.07) is 7.15. The number of halogens is 2. The van der Waals surface area contributed by atoms with Gasteiger partial charge >= 0.3 is 0 Å². The maximum Gasteiger partial charge on any atom is 0.267 e. The second-order valence-electron chi connectivity index (χ2n) is 7.06. The molecule has 0 bridgehead atoms. The maximum atomic E-state index is 13.9. The Hall–Kier alpha value is -2.68. The molecule has 0 unspecified atom stereocenters. The Morgan fingerprint density at radius 2 is 1.82 bits per heavy atom. The predicted molar refractivity (Wildman–Crippen MR) is 101 cm³/mol. The van der Waals surface area contributed by atoms with E-state index in [1.165, 1.54) is 18.2 Å². The van der Waals surface area contributed by atoms with Gasteiger partial charge in [-0.25, -0.2) is 17.2 Å². The van der Waals surface area contributed by atoms with Crippen LogP contribution in [-0.4, -0.2) is 27.5 Å². The molecule has 2 aromatic rings. The van der Waals surface area contributed by atoms with E-state index in [1.54, 1.807) is 18.7 Å². The summed E-state index contributed by atoms with van der Waals surface area (Å²) in [6.07, 6.45) is 0. The van der Waals surface area contributed by atoms with Crippen molar-refractivity contribution in [1.29, 1.82) is 0 Å². The minimum Gasteiger partial charge on any atom is -0.490 e. The van der Waals surface area contributed by atoms with E-state index in [9.17, 15) is 22.0 Å². The molecule has 6 nitrogen and oxygen atoms in total. The quantitative estimate of drug-likeness (QED) is 0.837. The van der Waals surface area contributed by atoms with E-state index in [-0.39, 0.29) is 18.2 Å². The third-order valence-electron chi connectivity index (χ3n) is 4.42. The number of hydrogen-bond donors (Lipinski definition) is 1. The molecule has 1 amide bonds. The summed E-state index contributed by atoms with van der Waals surface area (Å²) in [4.78, 5) is 13.2. The van der Waals surface area contributed by atoms with Crippen molar-refractivity contribution < 1.29 is 26.7 Å². The first kappa shape index (κ1) is 20.1. The number of benzene rings is 2. The number of carbonyl (C=O) groups excluding carboxylic acids is 1. The number of ether oxygens (including phenoxy) is 1. The zero-order chi connectivity index (χ0) is 20.7. The van der Waals surface area contributed by atoms with Crippen LogP contribution in [0.3, 0.4) is 0 Å². The number of nitrogens with zero attached hydrogens (tertiary/aromatic N) is 1. The van der Waals surface area contributed by atoms with Gasteiger partial charge in [0.05, 0.1) is 16.8 Å². The molecule has 1 aliphatic rings. The molecular formula is C19H20F2N2O4S. The minimum atomic E-state index is -4.50. The first-order valence-electron chi connectivity index (χ1n) is 8.62. The van der Waals surface area contributed by atoms with Gasteiger partial charge in [-0.05, 0) is 45.0 Å². The lowest BCUT2D eigenvalue weighted by atomic mass is 9.93. The highest BCUT2D eigenvalue weighted by Crippen LogP contribution is 2.38. The second-order valence-corrected chi connectivity index (χ2v) is 8.68. The van der Waals surface area contributed by atoms with Gasteiger partial charge in [0.25, 0.3) is 10.0 Å². The van der Waals surface area contributed by atoms with Crippen LogP contribution in [0.1, 0.15) is 20.8 Å². The van der Waals surface area contributed by atoms with Crippen molar-refractivity contribution in [3.8, 4) is 5.75 Å². The van der Waals surface area contributed by atoms with E-state index in [1.807, 2.05) is 6.92 Å². The summed E-state index contributed by atoms with van der Waals surface area (Å²) >= 11 is 0. The number of rotatable bonds is 4. The van der Waals surface area contributed by atoms with E-state index < -0.39 is 32.0 Å². The largest absolute Gasteiger partial charge is 0.490 e. The van der Waals surface area contributed by atoms with Gasteiger partial charge in [-0.2, -0.15) is 0 Å². The number of anilines is 2. The van der Waals surface area contributed by atoms with Gasteiger partial charge in [0.15, 0.2) is 4.90 Å². The smallest absolute Gasteiger partial charge is 0.267 e. The number of carbonyl (C=O) groups is 1. The molecule has 0 aromatic heterocycles. The summed E-state index contributed by atoms with van der Waals surface area (Å²) in [5.74, 6) is -2.20. The third-order valence-corrected chi connectivity index (χ3v) is 5.85. The minimum absolute atomic E-state index is 0.0598. The Labute approximate surface area is 162 Å². The molecule has 150 valence electrons. The first-order chi connectivity index (χ1) is 13.1. The highest BCUT2D eigenvalue weighted by atomic mass is 32.2. The van der Waals surface area contributed by atoms with Crippen molar-refractivity contribution in [2.75, 3.05) is 22.8 Å². The van der Waals surface area contributed by atoms with Crippen molar-refractivity contribution >= 4 is 27.3 Å². The molecule has 0 radical (unpaired) electrons. The molecule has 0 spiro atoms. The highest BCUT2D eigenvalue weighted by molar-refractivity contribution is 7.92. The van der Waals surface area contributed by atoms with Crippen molar-refractivity contribution in [2.24, 2.45) is 5.41 Å². The van der Waals surface area contributed by atoms with Crippen molar-refractivity contribution in [1.82, 2.24) is 0 Å². The van der Waals surface area contributed by atoms with Crippen molar-refractivity contribution in [2.45, 2.75) is 25.7 Å². The van der Waals surface area contributed by atoms with E-state index in [0.29, 0.717) is 18.0 Å². The summed E-state index contributed by atoms with van der Waals surface area (Å²) in [6.45, 7) is 5.85. The average molecular weight is 410 g/mol. The number of hydrogen-bond acceptors (Lipinski definition) is 4. The number of nitrogens with one attached hydrogen (secondary N) is 1. The zero-order valence-corrected chi connectivity index (χ0v) is 16.4. The van der Waals surface area contributed by atoms with Crippen LogP contribution in [0.2, 0.25) is 0 Å². The van der Waals surface area contributed by atoms with Gasteiger partial charge in [0.2, 0.25) is 5.91 Å². The Balaban J connectivity index is 1.99. The van der Waals surface area contributed by atoms with Crippen LogP contribution < -0.4 is 14.4 Å². The molecule has 0 saturated heterocycles. The third kappa shape index (κ3) is 3.54. The van der Waals surface area contributed by atoms with Crippen LogP contribution >= 0.6 is 0 Å². The summed E-state index contributed by atoms with van der Waals surface area (Å²) in [5.41, 5.74) is -0.201. The lowest BCUT2D eigenvalue weighted by molar-refractivity contribution is -0.127. The van der Waals surface area contributed by atoms with E-state index in [0.717, 1.165) is 18.2 Å². The van der Waals surface area contributed by atoms with Crippen LogP contribution in [0.5, 0.6) is 5.75 Å². The van der Waals surface area contributed by atoms with Gasteiger partial charge in [-0.3, -0.25) is 9.52 Å². The number of sulfonamides is 1. The fourth-order valence-electron chi connectivity index (χ4n) is 2.97. The van der Waals surface area contributed by atoms with Gasteiger partial charge < -0.3 is 9.64 Å². The monoisotopic (exact) mass is 410 g/mol. The van der Waals surface area contributed by atoms with Crippen molar-refractivity contribution in [3.05, 3.63) is 48.0 Å². The molecule has 9 heteroatoms. The standard InChI is InChI=1S/C19H20F2N2O4S/c1-4-23-15-9-8-12(10-16(15)27-11-19(2,3)18(23)24)22-28(25,26)17-13(20)6-5-7-14(17)21/h5-10,22H,4,11H2,1-3H3. The molecule has 0 fully saturated rings. The highest BCUT2D eigenvalue weighted by Gasteiger charge is 2.37. The lowest BCUT2D eigenvalue weighted by Crippen LogP contribution is -2.42. The Morgan fingerprint density at radius 3 is 2.43 bits per heavy atom. The van der Waals surface area contributed by atoms with E-state index >= 15 is 0 Å². The van der Waals surface area contributed by atoms with Crippen LogP contribution in [0.15, 0.2) is 41.3 Å². The fourth-order valence-corrected chi connectivity index (χ4v) is 4.16. The molecule has 0 aliphatic carbocycles. The molecule has 0 saturated carbocycles. The van der Waals surface area contributed by atoms with Crippen LogP contribution in [0.4, 0.5) is 20.2 Å². The first-order valence-corrected chi connectivity index (χ1v) is 10.1. The Kier molecular flexibility index (Phi) is 5.05. The Bertz CT molecular complexity index is 1020. The van der Waals surface area contributed by atoms with E-state index in [2.05, 4.69) is 4.72 Å². The molecule has 28 heavy (non-hydrogen) atoms. The molecule has 0 atom stereocenters. The molecule has 3 rings (SSSR count). The number of amides is 1. The van der Waals surface area contributed by atoms with Gasteiger partial charge in [-0.15, -0.1) is 0 Å². The summed E-state index contributed by atoms with van der Waals surface area (Å²) in [5, 5.41) is 0. The van der Waals surface area contributed by atoms with Gasteiger partial charge in [-0.1, -0.05) is 6.07 Å². The summed E-state index contributed by atoms with van der Waals surface area (Å²) < 4.78 is 60.6. The van der Waals surface area contributed by atoms with Crippen LogP contribution in [0, 0.1) is 17.0 Å². The summed E-state index contributed by atoms with van der Waals surface area (Å²) in [7, 11) is -4.50. The molecule has 1 N–H and O–H groups in total. The maximum absolute atomic E-state index is 13.9. The van der Waals surface area contributed by atoms with Gasteiger partial charge in [0.1, 0.15) is 24.0 Å². The normalized spacial score (nSPS) is 16.2.